The summed E-state index contributed by atoms with van der Waals surface area (Å²) in [6, 6.07) is 7.83. The van der Waals surface area contributed by atoms with E-state index >= 15 is 0 Å². The maximum Gasteiger partial charge on any atom is 0.132 e. The summed E-state index contributed by atoms with van der Waals surface area (Å²) in [5.41, 5.74) is 1.03. The lowest BCUT2D eigenvalue weighted by Crippen LogP contribution is -2.03. The van der Waals surface area contributed by atoms with E-state index in [1.54, 1.807) is 12.3 Å². The largest absolute Gasteiger partial charge is 0.383 e. The molecule has 2 aromatic carbocycles. The molecule has 0 bridgehead atoms. The van der Waals surface area contributed by atoms with Crippen LogP contribution in [0.15, 0.2) is 40.2 Å². The summed E-state index contributed by atoms with van der Waals surface area (Å²) in [5.74, 6) is -1.35. The van der Waals surface area contributed by atoms with Gasteiger partial charge in [0.2, 0.25) is 0 Å². The molecule has 5 heteroatoms. The van der Waals surface area contributed by atoms with E-state index in [0.717, 1.165) is 20.6 Å². The van der Waals surface area contributed by atoms with Gasteiger partial charge in [0.05, 0.1) is 0 Å². The predicted octanol–water partition coefficient (Wildman–Crippen LogP) is 5.33. The van der Waals surface area contributed by atoms with Crippen molar-refractivity contribution in [3.8, 4) is 0 Å². The zero-order chi connectivity index (χ0) is 15.1. The van der Waals surface area contributed by atoms with Crippen LogP contribution in [0.2, 0.25) is 0 Å². The van der Waals surface area contributed by atoms with E-state index < -0.39 is 17.7 Å². The highest BCUT2D eigenvalue weighted by Crippen LogP contribution is 2.38. The monoisotopic (exact) mass is 368 g/mol. The quantitative estimate of drug-likeness (QED) is 0.647. The molecule has 108 valence electrons. The fourth-order valence-electron chi connectivity index (χ4n) is 2.31. The number of hydrogen-bond acceptors (Lipinski definition) is 2. The van der Waals surface area contributed by atoms with Crippen LogP contribution < -0.4 is 0 Å². The van der Waals surface area contributed by atoms with Crippen LogP contribution in [0, 0.1) is 18.6 Å². The molecular weight excluding hydrogens is 358 g/mol. The van der Waals surface area contributed by atoms with Gasteiger partial charge in [-0.05, 0) is 51.3 Å². The highest BCUT2D eigenvalue weighted by Gasteiger charge is 2.20. The molecule has 0 spiro atoms. The van der Waals surface area contributed by atoms with Crippen molar-refractivity contribution in [2.75, 3.05) is 0 Å². The van der Waals surface area contributed by atoms with Gasteiger partial charge in [-0.3, -0.25) is 0 Å². The second kappa shape index (κ2) is 5.48. The third-order valence-electron chi connectivity index (χ3n) is 3.45. The minimum atomic E-state index is -1.12. The summed E-state index contributed by atoms with van der Waals surface area (Å²) in [6.45, 7) is 1.55. The smallest absolute Gasteiger partial charge is 0.132 e. The average Bonchev–Trinajstić information content (AvgIpc) is 2.87. The zero-order valence-electron chi connectivity index (χ0n) is 11.0. The summed E-state index contributed by atoms with van der Waals surface area (Å²) in [4.78, 5) is 0. The standard InChI is InChI=1S/C16H11BrF2OS/c1-8-5-10(14(19)6-13(8)18)15(20)11-7-21-16-9(11)3-2-4-12(16)17/h2-7,15,20H,1H3. The Morgan fingerprint density at radius 2 is 1.90 bits per heavy atom. The van der Waals surface area contributed by atoms with E-state index in [2.05, 4.69) is 15.9 Å². The lowest BCUT2D eigenvalue weighted by Gasteiger charge is -2.13. The second-order valence-electron chi connectivity index (χ2n) is 4.83. The van der Waals surface area contributed by atoms with Gasteiger partial charge in [0.1, 0.15) is 17.7 Å². The number of hydrogen-bond donors (Lipinski definition) is 1. The Balaban J connectivity index is 2.15. The Morgan fingerprint density at radius 3 is 2.67 bits per heavy atom. The molecule has 3 rings (SSSR count). The first-order chi connectivity index (χ1) is 9.99. The van der Waals surface area contributed by atoms with E-state index in [1.807, 2.05) is 18.2 Å². The molecule has 21 heavy (non-hydrogen) atoms. The van der Waals surface area contributed by atoms with Crippen LogP contribution in [0.4, 0.5) is 8.78 Å². The minimum Gasteiger partial charge on any atom is -0.383 e. The molecule has 1 aromatic heterocycles. The first-order valence-electron chi connectivity index (χ1n) is 6.28. The molecule has 0 saturated heterocycles. The molecule has 0 aliphatic heterocycles. The van der Waals surface area contributed by atoms with Crippen LogP contribution in [-0.4, -0.2) is 5.11 Å². The number of halogens is 3. The molecule has 1 unspecified atom stereocenters. The van der Waals surface area contributed by atoms with Gasteiger partial charge in [-0.1, -0.05) is 12.1 Å². The van der Waals surface area contributed by atoms with Gasteiger partial charge in [-0.15, -0.1) is 11.3 Å². The van der Waals surface area contributed by atoms with Crippen molar-refractivity contribution in [3.63, 3.8) is 0 Å². The maximum atomic E-state index is 13.9. The first kappa shape index (κ1) is 14.6. The molecule has 3 aromatic rings. The summed E-state index contributed by atoms with van der Waals surface area (Å²) < 4.78 is 29.2. The van der Waals surface area contributed by atoms with Crippen LogP contribution in [0.3, 0.4) is 0 Å². The number of rotatable bonds is 2. The average molecular weight is 369 g/mol. The molecule has 1 nitrogen and oxygen atoms in total. The third-order valence-corrected chi connectivity index (χ3v) is 5.42. The Bertz CT molecular complexity index is 829. The highest BCUT2D eigenvalue weighted by molar-refractivity contribution is 9.10. The minimum absolute atomic E-state index is 0.0913. The second-order valence-corrected chi connectivity index (χ2v) is 6.57. The molecule has 0 saturated carbocycles. The number of fused-ring (bicyclic) bond motifs is 1. The number of thiophene rings is 1. The summed E-state index contributed by atoms with van der Waals surface area (Å²) in [5, 5.41) is 13.2. The van der Waals surface area contributed by atoms with Crippen molar-refractivity contribution in [2.24, 2.45) is 0 Å². The number of aliphatic hydroxyl groups is 1. The first-order valence-corrected chi connectivity index (χ1v) is 7.95. The third kappa shape index (κ3) is 2.50. The van der Waals surface area contributed by atoms with Crippen LogP contribution in [-0.2, 0) is 0 Å². The molecule has 0 aliphatic rings. The van der Waals surface area contributed by atoms with E-state index in [0.29, 0.717) is 11.1 Å². The molecule has 0 radical (unpaired) electrons. The van der Waals surface area contributed by atoms with Gasteiger partial charge in [0.25, 0.3) is 0 Å². The topological polar surface area (TPSA) is 20.2 Å². The predicted molar refractivity (Wildman–Crippen MR) is 84.7 cm³/mol. The molecular formula is C16H11BrF2OS. The van der Waals surface area contributed by atoms with Gasteiger partial charge in [0.15, 0.2) is 0 Å². The van der Waals surface area contributed by atoms with Crippen molar-refractivity contribution >= 4 is 37.4 Å². The van der Waals surface area contributed by atoms with E-state index in [9.17, 15) is 13.9 Å². The SMILES string of the molecule is Cc1cc(C(O)c2csc3c(Br)cccc23)c(F)cc1F. The van der Waals surface area contributed by atoms with Crippen molar-refractivity contribution in [1.29, 1.82) is 0 Å². The molecule has 0 aliphatic carbocycles. The van der Waals surface area contributed by atoms with E-state index in [4.69, 9.17) is 0 Å². The summed E-state index contributed by atoms with van der Waals surface area (Å²) >= 11 is 4.93. The van der Waals surface area contributed by atoms with Crippen LogP contribution >= 0.6 is 27.3 Å². The number of benzene rings is 2. The van der Waals surface area contributed by atoms with E-state index in [-0.39, 0.29) is 5.56 Å². The van der Waals surface area contributed by atoms with Crippen molar-refractivity contribution in [3.05, 3.63) is 68.5 Å². The molecule has 1 N–H and O–H groups in total. The normalized spacial score (nSPS) is 12.8. The molecule has 1 atom stereocenters. The highest BCUT2D eigenvalue weighted by atomic mass is 79.9. The number of aryl methyl sites for hydroxylation is 1. The van der Waals surface area contributed by atoms with Crippen LogP contribution in [0.1, 0.15) is 22.8 Å². The fourth-order valence-corrected chi connectivity index (χ4v) is 3.95. The Hall–Kier alpha value is -1.30. The van der Waals surface area contributed by atoms with Crippen LogP contribution in [0.25, 0.3) is 10.1 Å². The van der Waals surface area contributed by atoms with Crippen molar-refractivity contribution < 1.29 is 13.9 Å². The van der Waals surface area contributed by atoms with Gasteiger partial charge >= 0.3 is 0 Å². The molecule has 0 amide bonds. The summed E-state index contributed by atoms with van der Waals surface area (Å²) in [6.07, 6.45) is -1.12. The Labute approximate surface area is 133 Å². The van der Waals surface area contributed by atoms with Crippen molar-refractivity contribution in [1.82, 2.24) is 0 Å². The molecule has 1 heterocycles. The van der Waals surface area contributed by atoms with E-state index in [1.165, 1.54) is 17.4 Å². The maximum absolute atomic E-state index is 13.9. The molecule has 0 fully saturated rings. The lowest BCUT2D eigenvalue weighted by atomic mass is 9.99. The Kier molecular flexibility index (Phi) is 3.82. The van der Waals surface area contributed by atoms with Gasteiger partial charge < -0.3 is 5.11 Å². The van der Waals surface area contributed by atoms with Gasteiger partial charge in [0, 0.05) is 26.4 Å². The number of aliphatic hydroxyl groups excluding tert-OH is 1. The lowest BCUT2D eigenvalue weighted by molar-refractivity contribution is 0.216. The van der Waals surface area contributed by atoms with Crippen LogP contribution in [0.5, 0.6) is 0 Å². The zero-order valence-corrected chi connectivity index (χ0v) is 13.4. The Morgan fingerprint density at radius 1 is 1.14 bits per heavy atom. The van der Waals surface area contributed by atoms with Crippen molar-refractivity contribution in [2.45, 2.75) is 13.0 Å². The van der Waals surface area contributed by atoms with Gasteiger partial charge in [-0.2, -0.15) is 0 Å². The summed E-state index contributed by atoms with van der Waals surface area (Å²) in [7, 11) is 0. The van der Waals surface area contributed by atoms with Gasteiger partial charge in [-0.25, -0.2) is 8.78 Å². The fraction of sp³-hybridized carbons (Fsp3) is 0.125.